The summed E-state index contributed by atoms with van der Waals surface area (Å²) >= 11 is 0.970. The first-order chi connectivity index (χ1) is 8.77. The number of carboxylic acid groups (broad SMARTS) is 1. The molecule has 0 aromatic carbocycles. The molecule has 106 valence electrons. The average molecular weight is 294 g/mol. The molecule has 0 radical (unpaired) electrons. The molecule has 2 rings (SSSR count). The smallest absolute Gasteiger partial charge is 0.434 e. The molecule has 0 saturated heterocycles. The fraction of sp³-hybridized carbons (Fsp3) is 0.636. The van der Waals surface area contributed by atoms with Crippen molar-refractivity contribution in [3.05, 3.63) is 16.1 Å². The lowest BCUT2D eigenvalue weighted by Gasteiger charge is -2.14. The van der Waals surface area contributed by atoms with Crippen LogP contribution in [0.25, 0.3) is 0 Å². The zero-order valence-corrected chi connectivity index (χ0v) is 11.0. The van der Waals surface area contributed by atoms with Crippen LogP contribution in [-0.2, 0) is 17.5 Å². The summed E-state index contributed by atoms with van der Waals surface area (Å²) in [5, 5.41) is 10.2. The molecule has 1 saturated carbocycles. The SMILES string of the molecule is CN(Cc1nc(C(F)(F)F)cs1)C[C@@H]1C[C@H]1C(=O)O. The van der Waals surface area contributed by atoms with Crippen molar-refractivity contribution in [2.24, 2.45) is 11.8 Å². The van der Waals surface area contributed by atoms with Crippen LogP contribution >= 0.6 is 11.3 Å². The van der Waals surface area contributed by atoms with Crippen LogP contribution in [0.1, 0.15) is 17.1 Å². The zero-order valence-electron chi connectivity index (χ0n) is 10.1. The average Bonchev–Trinajstić information content (AvgIpc) is 2.84. The van der Waals surface area contributed by atoms with Gasteiger partial charge in [-0.3, -0.25) is 9.69 Å². The molecular formula is C11H13F3N2O2S. The molecular weight excluding hydrogens is 281 g/mol. The standard InChI is InChI=1S/C11H13F3N2O2S/c1-16(3-6-2-7(6)10(17)18)4-9-15-8(5-19-9)11(12,13)14/h5-7H,2-4H2,1H3,(H,17,18)/t6-,7+/m0/s1. The molecule has 8 heteroatoms. The van der Waals surface area contributed by atoms with Gasteiger partial charge >= 0.3 is 12.1 Å². The second kappa shape index (κ2) is 5.09. The number of carboxylic acids is 1. The molecule has 1 aromatic rings. The molecule has 1 N–H and O–H groups in total. The van der Waals surface area contributed by atoms with Crippen LogP contribution in [0.4, 0.5) is 13.2 Å². The number of nitrogens with zero attached hydrogens (tertiary/aromatic N) is 2. The van der Waals surface area contributed by atoms with Crippen molar-refractivity contribution in [1.29, 1.82) is 0 Å². The maximum absolute atomic E-state index is 12.4. The molecule has 1 aliphatic rings. The van der Waals surface area contributed by atoms with E-state index < -0.39 is 17.8 Å². The van der Waals surface area contributed by atoms with E-state index in [-0.39, 0.29) is 11.8 Å². The quantitative estimate of drug-likeness (QED) is 0.905. The summed E-state index contributed by atoms with van der Waals surface area (Å²) in [7, 11) is 1.76. The highest BCUT2D eigenvalue weighted by Gasteiger charge is 2.43. The number of aliphatic carboxylic acids is 1. The number of thiazole rings is 1. The third-order valence-corrected chi connectivity index (χ3v) is 3.87. The van der Waals surface area contributed by atoms with Crippen molar-refractivity contribution in [2.45, 2.75) is 19.1 Å². The van der Waals surface area contributed by atoms with Crippen LogP contribution in [0.2, 0.25) is 0 Å². The maximum atomic E-state index is 12.4. The monoisotopic (exact) mass is 294 g/mol. The molecule has 0 spiro atoms. The van der Waals surface area contributed by atoms with Gasteiger partial charge in [-0.2, -0.15) is 13.2 Å². The van der Waals surface area contributed by atoms with Crippen LogP contribution in [0.3, 0.4) is 0 Å². The fourth-order valence-electron chi connectivity index (χ4n) is 1.96. The lowest BCUT2D eigenvalue weighted by Crippen LogP contribution is -2.22. The van der Waals surface area contributed by atoms with Crippen molar-refractivity contribution in [3.8, 4) is 0 Å². The van der Waals surface area contributed by atoms with Crippen molar-refractivity contribution in [1.82, 2.24) is 9.88 Å². The summed E-state index contributed by atoms with van der Waals surface area (Å²) in [6.07, 6.45) is -3.76. The van der Waals surface area contributed by atoms with Crippen molar-refractivity contribution < 1.29 is 23.1 Å². The predicted octanol–water partition coefficient (Wildman–Crippen LogP) is 2.31. The maximum Gasteiger partial charge on any atom is 0.434 e. The predicted molar refractivity (Wildman–Crippen MR) is 62.7 cm³/mol. The topological polar surface area (TPSA) is 53.4 Å². The summed E-state index contributed by atoms with van der Waals surface area (Å²) in [4.78, 5) is 16.0. The Labute approximate surface area is 111 Å². The van der Waals surface area contributed by atoms with Gasteiger partial charge in [0.05, 0.1) is 12.5 Å². The van der Waals surface area contributed by atoms with Crippen molar-refractivity contribution in [2.75, 3.05) is 13.6 Å². The first kappa shape index (κ1) is 14.3. The van der Waals surface area contributed by atoms with E-state index in [1.807, 2.05) is 4.90 Å². The van der Waals surface area contributed by atoms with Crippen LogP contribution < -0.4 is 0 Å². The van der Waals surface area contributed by atoms with Gasteiger partial charge in [-0.25, -0.2) is 4.98 Å². The van der Waals surface area contributed by atoms with Gasteiger partial charge in [0.1, 0.15) is 5.01 Å². The minimum atomic E-state index is -4.40. The molecule has 1 heterocycles. The Kier molecular flexibility index (Phi) is 3.82. The third-order valence-electron chi connectivity index (χ3n) is 3.03. The van der Waals surface area contributed by atoms with E-state index in [9.17, 15) is 18.0 Å². The van der Waals surface area contributed by atoms with Gasteiger partial charge in [0.2, 0.25) is 0 Å². The van der Waals surface area contributed by atoms with E-state index in [4.69, 9.17) is 5.11 Å². The summed E-state index contributed by atoms with van der Waals surface area (Å²) in [6, 6.07) is 0. The minimum absolute atomic E-state index is 0.101. The lowest BCUT2D eigenvalue weighted by atomic mass is 10.3. The Balaban J connectivity index is 1.84. The third kappa shape index (κ3) is 3.66. The second-order valence-corrected chi connectivity index (χ2v) is 5.70. The van der Waals surface area contributed by atoms with Crippen molar-refractivity contribution >= 4 is 17.3 Å². The summed E-state index contributed by atoms with van der Waals surface area (Å²) in [6.45, 7) is 0.876. The molecule has 0 aliphatic heterocycles. The number of carbonyl (C=O) groups is 1. The Morgan fingerprint density at radius 3 is 2.79 bits per heavy atom. The molecule has 1 fully saturated rings. The van der Waals surface area contributed by atoms with Gasteiger partial charge in [0, 0.05) is 11.9 Å². The molecule has 2 atom stereocenters. The molecule has 1 aliphatic carbocycles. The first-order valence-corrected chi connectivity index (χ1v) is 6.58. The number of halogens is 3. The highest BCUT2D eigenvalue weighted by Crippen LogP contribution is 2.39. The van der Waals surface area contributed by atoms with Crippen LogP contribution in [0.5, 0.6) is 0 Å². The van der Waals surface area contributed by atoms with E-state index in [0.29, 0.717) is 24.5 Å². The van der Waals surface area contributed by atoms with Crippen molar-refractivity contribution in [3.63, 3.8) is 0 Å². The fourth-order valence-corrected chi connectivity index (χ4v) is 2.84. The molecule has 4 nitrogen and oxygen atoms in total. The lowest BCUT2D eigenvalue weighted by molar-refractivity contribution is -0.141. The van der Waals surface area contributed by atoms with Gasteiger partial charge in [0.15, 0.2) is 5.69 Å². The number of rotatable bonds is 5. The number of hydrogen-bond donors (Lipinski definition) is 1. The second-order valence-electron chi connectivity index (χ2n) is 4.76. The van der Waals surface area contributed by atoms with E-state index in [0.717, 1.165) is 16.7 Å². The molecule has 0 amide bonds. The molecule has 19 heavy (non-hydrogen) atoms. The highest BCUT2D eigenvalue weighted by atomic mass is 32.1. The molecule has 1 aromatic heterocycles. The minimum Gasteiger partial charge on any atom is -0.481 e. The normalized spacial score (nSPS) is 22.8. The molecule has 0 unspecified atom stereocenters. The van der Waals surface area contributed by atoms with E-state index in [1.54, 1.807) is 7.05 Å². The van der Waals surface area contributed by atoms with Gasteiger partial charge in [-0.1, -0.05) is 0 Å². The Morgan fingerprint density at radius 1 is 1.63 bits per heavy atom. The summed E-state index contributed by atoms with van der Waals surface area (Å²) in [5.74, 6) is -0.999. The van der Waals surface area contributed by atoms with Crippen LogP contribution in [0, 0.1) is 11.8 Å². The largest absolute Gasteiger partial charge is 0.481 e. The van der Waals surface area contributed by atoms with E-state index >= 15 is 0 Å². The Morgan fingerprint density at radius 2 is 2.32 bits per heavy atom. The van der Waals surface area contributed by atoms with Crippen LogP contribution in [0.15, 0.2) is 5.38 Å². The highest BCUT2D eigenvalue weighted by molar-refractivity contribution is 7.09. The van der Waals surface area contributed by atoms with Gasteiger partial charge in [-0.15, -0.1) is 11.3 Å². The zero-order chi connectivity index (χ0) is 14.2. The van der Waals surface area contributed by atoms with E-state index in [2.05, 4.69) is 4.98 Å². The number of alkyl halides is 3. The van der Waals surface area contributed by atoms with Gasteiger partial charge in [-0.05, 0) is 19.4 Å². The first-order valence-electron chi connectivity index (χ1n) is 5.70. The number of hydrogen-bond acceptors (Lipinski definition) is 4. The Bertz CT molecular complexity index is 475. The van der Waals surface area contributed by atoms with Gasteiger partial charge in [0.25, 0.3) is 0 Å². The number of aromatic nitrogens is 1. The Hall–Kier alpha value is -1.15. The summed E-state index contributed by atoms with van der Waals surface area (Å²) in [5.41, 5.74) is -0.865. The van der Waals surface area contributed by atoms with Crippen LogP contribution in [-0.4, -0.2) is 34.6 Å². The van der Waals surface area contributed by atoms with Gasteiger partial charge < -0.3 is 5.11 Å². The van der Waals surface area contributed by atoms with E-state index in [1.165, 1.54) is 0 Å². The molecule has 0 bridgehead atoms. The summed E-state index contributed by atoms with van der Waals surface area (Å²) < 4.78 is 37.1.